The molecule has 0 atom stereocenters. The van der Waals surface area contributed by atoms with E-state index in [4.69, 9.17) is 9.97 Å². The van der Waals surface area contributed by atoms with Crippen LogP contribution in [0.4, 0.5) is 0 Å². The highest BCUT2D eigenvalue weighted by Gasteiger charge is 2.25. The van der Waals surface area contributed by atoms with Gasteiger partial charge in [-0.15, -0.1) is 0 Å². The number of aryl methyl sites for hydroxylation is 6. The van der Waals surface area contributed by atoms with Crippen LogP contribution in [0, 0.1) is 41.5 Å². The lowest BCUT2D eigenvalue weighted by molar-refractivity contribution is 1.25. The normalized spacial score (nSPS) is 13.3. The van der Waals surface area contributed by atoms with Crippen molar-refractivity contribution in [3.05, 3.63) is 117 Å². The molecule has 0 aliphatic carbocycles. The zero-order valence-corrected chi connectivity index (χ0v) is 28.7. The number of hydrogen-bond acceptors (Lipinski definition) is 2. The van der Waals surface area contributed by atoms with Gasteiger partial charge in [0.2, 0.25) is 0 Å². The predicted molar refractivity (Wildman–Crippen MR) is 197 cm³/mol. The average Bonchev–Trinajstić information content (AvgIpc) is 3.67. The largest absolute Gasteiger partial charge is 0.354 e. The van der Waals surface area contributed by atoms with E-state index in [0.717, 1.165) is 56.0 Å². The van der Waals surface area contributed by atoms with E-state index in [-0.39, 0.29) is 0 Å². The maximum atomic E-state index is 5.38. The molecule has 0 unspecified atom stereocenters. The summed E-state index contributed by atoms with van der Waals surface area (Å²) in [7, 11) is 0. The maximum Gasteiger partial charge on any atom is 0.0769 e. The van der Waals surface area contributed by atoms with Crippen LogP contribution in [0.3, 0.4) is 0 Å². The van der Waals surface area contributed by atoms with Gasteiger partial charge in [0.1, 0.15) is 0 Å². The number of allylic oxidation sites excluding steroid dienone is 4. The van der Waals surface area contributed by atoms with Gasteiger partial charge < -0.3 is 9.97 Å². The molecule has 2 aromatic carbocycles. The highest BCUT2D eigenvalue weighted by molar-refractivity contribution is 6.02. The van der Waals surface area contributed by atoms with E-state index in [9.17, 15) is 0 Å². The van der Waals surface area contributed by atoms with Crippen LogP contribution in [-0.4, -0.2) is 19.9 Å². The van der Waals surface area contributed by atoms with E-state index in [1.807, 2.05) is 0 Å². The van der Waals surface area contributed by atoms with Gasteiger partial charge in [0.05, 0.1) is 33.8 Å². The Bertz CT molecular complexity index is 2200. The van der Waals surface area contributed by atoms with Crippen LogP contribution in [-0.2, 0) is 0 Å². The lowest BCUT2D eigenvalue weighted by Gasteiger charge is -2.10. The van der Waals surface area contributed by atoms with Crippen LogP contribution in [0.25, 0.3) is 66.6 Å². The zero-order valence-electron chi connectivity index (χ0n) is 28.7. The van der Waals surface area contributed by atoms with E-state index in [0.29, 0.717) is 0 Å². The molecule has 2 N–H and O–H groups in total. The SMILES string of the molecule is CC1=C(C)c2nc1cc1[nH]c(c(C)c1C)c(-c1ccc(C)cc1)c1[nH]c(cc3nc(c2-c2ccc(C)cc2)C(C)=C3C)c(C)c1C. The van der Waals surface area contributed by atoms with Crippen molar-refractivity contribution in [2.24, 2.45) is 0 Å². The molecule has 4 nitrogen and oxygen atoms in total. The molecule has 0 saturated carbocycles. The summed E-state index contributed by atoms with van der Waals surface area (Å²) in [6.07, 6.45) is 0. The molecule has 0 radical (unpaired) electrons. The number of benzene rings is 2. The Morgan fingerprint density at radius 1 is 0.413 bits per heavy atom. The topological polar surface area (TPSA) is 57.4 Å². The Balaban J connectivity index is 1.73. The molecule has 0 saturated heterocycles. The molecule has 3 aromatic heterocycles. The maximum absolute atomic E-state index is 5.38. The van der Waals surface area contributed by atoms with Crippen molar-refractivity contribution in [2.75, 3.05) is 0 Å². The lowest BCUT2D eigenvalue weighted by atomic mass is 9.94. The van der Waals surface area contributed by atoms with Crippen LogP contribution >= 0.6 is 0 Å². The Hall–Kier alpha value is -4.96. The molecule has 8 bridgehead atoms. The molecular formula is C42H42N4. The van der Waals surface area contributed by atoms with Crippen LogP contribution in [0.2, 0.25) is 0 Å². The molecule has 5 aromatic rings. The van der Waals surface area contributed by atoms with Gasteiger partial charge in [-0.25, -0.2) is 9.97 Å². The number of nitrogens with one attached hydrogen (secondary N) is 2. The predicted octanol–water partition coefficient (Wildman–Crippen LogP) is 11.4. The first-order chi connectivity index (χ1) is 21.9. The van der Waals surface area contributed by atoms with Gasteiger partial charge >= 0.3 is 0 Å². The van der Waals surface area contributed by atoms with Crippen LogP contribution in [0.5, 0.6) is 0 Å². The summed E-state index contributed by atoms with van der Waals surface area (Å²) in [5, 5.41) is 0. The minimum absolute atomic E-state index is 0.985. The molecule has 46 heavy (non-hydrogen) atoms. The standard InChI is InChI=1S/C42H42N4/c1-21-11-15-31(16-12-21)37-39-27(7)23(3)33(43-39)19-35-25(5)29(9)41(45-35)38(32-17-13-22(2)14-18-32)42-30(10)26(6)36(46-42)20-34-24(4)28(8)40(37)44-34/h11-20,43-44H,1-10H3. The summed E-state index contributed by atoms with van der Waals surface area (Å²) < 4.78 is 0. The number of aromatic amines is 2. The molecule has 0 fully saturated rings. The molecule has 2 aliphatic heterocycles. The van der Waals surface area contributed by atoms with Gasteiger partial charge in [0.25, 0.3) is 0 Å². The second-order valence-electron chi connectivity index (χ2n) is 13.3. The first-order valence-electron chi connectivity index (χ1n) is 16.2. The molecule has 230 valence electrons. The molecular weight excluding hydrogens is 560 g/mol. The molecule has 0 amide bonds. The molecule has 5 heterocycles. The summed E-state index contributed by atoms with van der Waals surface area (Å²) >= 11 is 0. The Morgan fingerprint density at radius 3 is 1.17 bits per heavy atom. The third-order valence-electron chi connectivity index (χ3n) is 10.5. The summed E-state index contributed by atoms with van der Waals surface area (Å²) in [5.41, 5.74) is 25.1. The summed E-state index contributed by atoms with van der Waals surface area (Å²) in [5.74, 6) is 0. The third kappa shape index (κ3) is 4.58. The molecule has 7 rings (SSSR count). The monoisotopic (exact) mass is 602 g/mol. The zero-order chi connectivity index (χ0) is 32.6. The van der Waals surface area contributed by atoms with E-state index in [2.05, 4.69) is 140 Å². The lowest BCUT2D eigenvalue weighted by Crippen LogP contribution is -1.93. The highest BCUT2D eigenvalue weighted by Crippen LogP contribution is 2.42. The fourth-order valence-corrected chi connectivity index (χ4v) is 6.81. The minimum Gasteiger partial charge on any atom is -0.354 e. The van der Waals surface area contributed by atoms with Crippen LogP contribution in [0.1, 0.15) is 83.9 Å². The number of nitrogens with zero attached hydrogens (tertiary/aromatic N) is 2. The van der Waals surface area contributed by atoms with E-state index >= 15 is 0 Å². The number of hydrogen-bond donors (Lipinski definition) is 2. The third-order valence-corrected chi connectivity index (χ3v) is 10.5. The first-order valence-corrected chi connectivity index (χ1v) is 16.2. The van der Waals surface area contributed by atoms with Crippen molar-refractivity contribution in [1.29, 1.82) is 0 Å². The van der Waals surface area contributed by atoms with Crippen molar-refractivity contribution in [3.8, 4) is 22.3 Å². The summed E-state index contributed by atoms with van der Waals surface area (Å²) in [6.45, 7) is 21.9. The number of H-pyrrole nitrogens is 2. The molecule has 2 aliphatic rings. The highest BCUT2D eigenvalue weighted by atomic mass is 14.8. The molecule has 4 heteroatoms. The summed E-state index contributed by atoms with van der Waals surface area (Å²) in [6, 6.07) is 22.1. The van der Waals surface area contributed by atoms with Crippen molar-refractivity contribution in [2.45, 2.75) is 69.2 Å². The van der Waals surface area contributed by atoms with Crippen molar-refractivity contribution >= 4 is 44.4 Å². The summed E-state index contributed by atoms with van der Waals surface area (Å²) in [4.78, 5) is 18.5. The second kappa shape index (κ2) is 10.8. The van der Waals surface area contributed by atoms with Gasteiger partial charge in [0, 0.05) is 22.2 Å². The number of rotatable bonds is 2. The van der Waals surface area contributed by atoms with E-state index in [1.54, 1.807) is 0 Å². The van der Waals surface area contributed by atoms with E-state index < -0.39 is 0 Å². The van der Waals surface area contributed by atoms with Crippen molar-refractivity contribution in [1.82, 2.24) is 19.9 Å². The fraction of sp³-hybridized carbons (Fsp3) is 0.238. The van der Waals surface area contributed by atoms with Gasteiger partial charge in [-0.3, -0.25) is 0 Å². The Kier molecular flexibility index (Phi) is 7.01. The minimum atomic E-state index is 0.985. The van der Waals surface area contributed by atoms with Crippen LogP contribution < -0.4 is 0 Å². The van der Waals surface area contributed by atoms with Crippen molar-refractivity contribution < 1.29 is 0 Å². The smallest absolute Gasteiger partial charge is 0.0769 e. The average molecular weight is 603 g/mol. The van der Waals surface area contributed by atoms with E-state index in [1.165, 1.54) is 66.8 Å². The first kappa shape index (κ1) is 29.7. The van der Waals surface area contributed by atoms with Crippen LogP contribution in [0.15, 0.2) is 60.7 Å². The van der Waals surface area contributed by atoms with Gasteiger partial charge in [-0.1, -0.05) is 59.7 Å². The quantitative estimate of drug-likeness (QED) is 0.211. The Labute approximate surface area is 272 Å². The fourth-order valence-electron chi connectivity index (χ4n) is 6.81. The van der Waals surface area contributed by atoms with Gasteiger partial charge in [-0.05, 0) is 137 Å². The molecule has 0 spiro atoms. The second-order valence-corrected chi connectivity index (χ2v) is 13.3. The van der Waals surface area contributed by atoms with Crippen molar-refractivity contribution in [3.63, 3.8) is 0 Å². The number of fused-ring (bicyclic) bond motifs is 8. The Morgan fingerprint density at radius 2 is 0.783 bits per heavy atom. The number of aromatic nitrogens is 4. The van der Waals surface area contributed by atoms with Gasteiger partial charge in [0.15, 0.2) is 0 Å². The van der Waals surface area contributed by atoms with Gasteiger partial charge in [-0.2, -0.15) is 0 Å².